The molecule has 4 heteroatoms. The molecule has 0 aliphatic heterocycles. The Hall–Kier alpha value is -1.13. The van der Waals surface area contributed by atoms with E-state index >= 15 is 0 Å². The monoisotopic (exact) mass is 222 g/mol. The van der Waals surface area contributed by atoms with Crippen molar-refractivity contribution in [3.8, 4) is 0 Å². The molecule has 0 fully saturated rings. The lowest BCUT2D eigenvalue weighted by Crippen LogP contribution is -2.19. The second-order valence-electron chi connectivity index (χ2n) is 3.32. The summed E-state index contributed by atoms with van der Waals surface area (Å²) in [6.07, 6.45) is 4.63. The van der Waals surface area contributed by atoms with Gasteiger partial charge in [0, 0.05) is 17.6 Å². The maximum Gasteiger partial charge on any atom is 0.120 e. The third kappa shape index (κ3) is 2.67. The number of hydrogen-bond acceptors (Lipinski definition) is 4. The number of thiazole rings is 1. The topological polar surface area (TPSA) is 38.1 Å². The van der Waals surface area contributed by atoms with Crippen molar-refractivity contribution < 1.29 is 4.42 Å². The van der Waals surface area contributed by atoms with Crippen LogP contribution in [-0.4, -0.2) is 4.98 Å². The van der Waals surface area contributed by atoms with E-state index in [4.69, 9.17) is 4.42 Å². The first-order valence-electron chi connectivity index (χ1n) is 5.04. The SMILES string of the molecule is CCC(NCc1cncs1)c1ccco1. The van der Waals surface area contributed by atoms with Gasteiger partial charge in [-0.1, -0.05) is 6.92 Å². The predicted molar refractivity (Wildman–Crippen MR) is 60.7 cm³/mol. The first-order valence-corrected chi connectivity index (χ1v) is 5.92. The van der Waals surface area contributed by atoms with Gasteiger partial charge in [0.25, 0.3) is 0 Å². The van der Waals surface area contributed by atoms with Gasteiger partial charge in [-0.25, -0.2) is 0 Å². The normalized spacial score (nSPS) is 12.9. The molecule has 2 aromatic heterocycles. The number of rotatable bonds is 5. The number of hydrogen-bond donors (Lipinski definition) is 1. The number of nitrogens with zero attached hydrogens (tertiary/aromatic N) is 1. The molecule has 0 radical (unpaired) electrons. The van der Waals surface area contributed by atoms with Gasteiger partial charge in [-0.15, -0.1) is 11.3 Å². The largest absolute Gasteiger partial charge is 0.468 e. The summed E-state index contributed by atoms with van der Waals surface area (Å²) in [6.45, 7) is 3.00. The first kappa shape index (κ1) is 10.4. The van der Waals surface area contributed by atoms with Gasteiger partial charge in [-0.05, 0) is 18.6 Å². The molecule has 2 aromatic rings. The average Bonchev–Trinajstić information content (AvgIpc) is 2.90. The fraction of sp³-hybridized carbons (Fsp3) is 0.364. The molecule has 0 spiro atoms. The van der Waals surface area contributed by atoms with Crippen LogP contribution in [0.1, 0.15) is 30.0 Å². The van der Waals surface area contributed by atoms with Crippen molar-refractivity contribution >= 4 is 11.3 Å². The van der Waals surface area contributed by atoms with Crippen molar-refractivity contribution in [3.63, 3.8) is 0 Å². The van der Waals surface area contributed by atoms with E-state index < -0.39 is 0 Å². The molecule has 0 amide bonds. The van der Waals surface area contributed by atoms with Crippen LogP contribution < -0.4 is 5.32 Å². The minimum absolute atomic E-state index is 0.294. The quantitative estimate of drug-likeness (QED) is 0.845. The Morgan fingerprint density at radius 3 is 3.13 bits per heavy atom. The Balaban J connectivity index is 1.92. The smallest absolute Gasteiger partial charge is 0.120 e. The lowest BCUT2D eigenvalue weighted by atomic mass is 10.2. The van der Waals surface area contributed by atoms with E-state index in [1.165, 1.54) is 4.88 Å². The van der Waals surface area contributed by atoms with E-state index in [0.29, 0.717) is 6.04 Å². The molecule has 1 N–H and O–H groups in total. The van der Waals surface area contributed by atoms with Crippen LogP contribution in [0.3, 0.4) is 0 Å². The van der Waals surface area contributed by atoms with Crippen LogP contribution in [0.15, 0.2) is 34.5 Å². The lowest BCUT2D eigenvalue weighted by molar-refractivity contribution is 0.404. The minimum Gasteiger partial charge on any atom is -0.468 e. The van der Waals surface area contributed by atoms with Gasteiger partial charge in [0.05, 0.1) is 17.8 Å². The number of furan rings is 1. The summed E-state index contributed by atoms with van der Waals surface area (Å²) in [4.78, 5) is 5.29. The fourth-order valence-electron chi connectivity index (χ4n) is 1.49. The molecule has 1 atom stereocenters. The van der Waals surface area contributed by atoms with E-state index in [-0.39, 0.29) is 0 Å². The van der Waals surface area contributed by atoms with Crippen molar-refractivity contribution in [3.05, 3.63) is 40.7 Å². The van der Waals surface area contributed by atoms with E-state index in [2.05, 4.69) is 17.2 Å². The zero-order valence-electron chi connectivity index (χ0n) is 8.64. The van der Waals surface area contributed by atoms with Crippen LogP contribution in [0.2, 0.25) is 0 Å². The highest BCUT2D eigenvalue weighted by Crippen LogP contribution is 2.17. The molecule has 0 saturated heterocycles. The maximum absolute atomic E-state index is 5.38. The van der Waals surface area contributed by atoms with E-state index in [0.717, 1.165) is 18.7 Å². The second-order valence-corrected chi connectivity index (χ2v) is 4.30. The zero-order valence-corrected chi connectivity index (χ0v) is 9.46. The molecule has 0 aliphatic carbocycles. The van der Waals surface area contributed by atoms with Gasteiger partial charge in [0.2, 0.25) is 0 Å². The van der Waals surface area contributed by atoms with Gasteiger partial charge in [-0.2, -0.15) is 0 Å². The van der Waals surface area contributed by atoms with Crippen LogP contribution in [0.5, 0.6) is 0 Å². The molecular formula is C11H14N2OS. The summed E-state index contributed by atoms with van der Waals surface area (Å²) >= 11 is 1.67. The first-order chi connectivity index (χ1) is 7.40. The van der Waals surface area contributed by atoms with E-state index in [9.17, 15) is 0 Å². The van der Waals surface area contributed by atoms with Gasteiger partial charge in [-0.3, -0.25) is 4.98 Å². The molecule has 0 aliphatic rings. The standard InChI is InChI=1S/C11H14N2OS/c1-2-10(11-4-3-5-14-11)13-7-9-6-12-8-15-9/h3-6,8,10,13H,2,7H2,1H3. The third-order valence-corrected chi connectivity index (χ3v) is 3.08. The third-order valence-electron chi connectivity index (χ3n) is 2.30. The van der Waals surface area contributed by atoms with Crippen molar-refractivity contribution in [2.45, 2.75) is 25.9 Å². The highest BCUT2D eigenvalue weighted by molar-refractivity contribution is 7.09. The molecule has 0 saturated carbocycles. The predicted octanol–water partition coefficient (Wildman–Crippen LogP) is 2.98. The zero-order chi connectivity index (χ0) is 10.5. The van der Waals surface area contributed by atoms with Crippen molar-refractivity contribution in [1.82, 2.24) is 10.3 Å². The maximum atomic E-state index is 5.38. The molecular weight excluding hydrogens is 208 g/mol. The summed E-state index contributed by atoms with van der Waals surface area (Å²) in [5.41, 5.74) is 1.85. The molecule has 2 rings (SSSR count). The van der Waals surface area contributed by atoms with Gasteiger partial charge in [0.15, 0.2) is 0 Å². The summed E-state index contributed by atoms with van der Waals surface area (Å²) in [6, 6.07) is 4.22. The van der Waals surface area contributed by atoms with Crippen molar-refractivity contribution in [2.24, 2.45) is 0 Å². The highest BCUT2D eigenvalue weighted by Gasteiger charge is 2.11. The van der Waals surface area contributed by atoms with Crippen LogP contribution in [0.25, 0.3) is 0 Å². The molecule has 1 unspecified atom stereocenters. The van der Waals surface area contributed by atoms with Crippen LogP contribution >= 0.6 is 11.3 Å². The average molecular weight is 222 g/mol. The van der Waals surface area contributed by atoms with Crippen LogP contribution in [0, 0.1) is 0 Å². The highest BCUT2D eigenvalue weighted by atomic mass is 32.1. The Labute approximate surface area is 93.2 Å². The van der Waals surface area contributed by atoms with Gasteiger partial charge < -0.3 is 9.73 Å². The number of aromatic nitrogens is 1. The number of nitrogens with one attached hydrogen (secondary N) is 1. The Morgan fingerprint density at radius 2 is 2.53 bits per heavy atom. The fourth-order valence-corrected chi connectivity index (χ4v) is 2.03. The molecule has 0 aromatic carbocycles. The van der Waals surface area contributed by atoms with Crippen LogP contribution in [0.4, 0.5) is 0 Å². The Morgan fingerprint density at radius 1 is 1.60 bits per heavy atom. The summed E-state index contributed by atoms with van der Waals surface area (Å²) in [7, 11) is 0. The molecule has 0 bridgehead atoms. The molecule has 80 valence electrons. The lowest BCUT2D eigenvalue weighted by Gasteiger charge is -2.13. The van der Waals surface area contributed by atoms with Gasteiger partial charge in [0.1, 0.15) is 5.76 Å². The summed E-state index contributed by atoms with van der Waals surface area (Å²) < 4.78 is 5.38. The summed E-state index contributed by atoms with van der Waals surface area (Å²) in [5.74, 6) is 1.00. The van der Waals surface area contributed by atoms with Crippen molar-refractivity contribution in [2.75, 3.05) is 0 Å². The minimum atomic E-state index is 0.294. The second kappa shape index (κ2) is 5.09. The molecule has 2 heterocycles. The van der Waals surface area contributed by atoms with Crippen molar-refractivity contribution in [1.29, 1.82) is 0 Å². The summed E-state index contributed by atoms with van der Waals surface area (Å²) in [5, 5.41) is 3.45. The Bertz CT molecular complexity index is 369. The van der Waals surface area contributed by atoms with E-state index in [1.807, 2.05) is 23.8 Å². The molecule has 15 heavy (non-hydrogen) atoms. The molecule has 3 nitrogen and oxygen atoms in total. The van der Waals surface area contributed by atoms with E-state index in [1.54, 1.807) is 17.6 Å². The Kier molecular flexibility index (Phi) is 3.53. The van der Waals surface area contributed by atoms with Gasteiger partial charge >= 0.3 is 0 Å². The van der Waals surface area contributed by atoms with Crippen LogP contribution in [-0.2, 0) is 6.54 Å².